The Morgan fingerprint density at radius 1 is 1.23 bits per heavy atom. The van der Waals surface area contributed by atoms with Crippen LogP contribution in [0.5, 0.6) is 0 Å². The number of para-hydroxylation sites is 2. The molecule has 0 aliphatic carbocycles. The van der Waals surface area contributed by atoms with Gasteiger partial charge in [-0.3, -0.25) is 14.9 Å². The van der Waals surface area contributed by atoms with Crippen LogP contribution < -0.4 is 5.32 Å². The number of imidazole rings is 1. The Labute approximate surface area is 150 Å². The quantitative estimate of drug-likeness (QED) is 0.387. The molecule has 1 heterocycles. The van der Waals surface area contributed by atoms with Crippen LogP contribution in [0, 0.1) is 16.0 Å². The van der Waals surface area contributed by atoms with Crippen molar-refractivity contribution in [3.63, 3.8) is 0 Å². The highest BCUT2D eigenvalue weighted by Gasteiger charge is 2.24. The molecule has 0 radical (unpaired) electrons. The van der Waals surface area contributed by atoms with E-state index in [0.29, 0.717) is 17.1 Å². The number of nitro groups is 1. The van der Waals surface area contributed by atoms with Gasteiger partial charge in [-0.15, -0.1) is 0 Å². The highest BCUT2D eigenvalue weighted by molar-refractivity contribution is 5.95. The number of nitrogens with zero attached hydrogens (tertiary/aromatic N) is 2. The average Bonchev–Trinajstić information content (AvgIpc) is 3.02. The molecule has 1 aromatic heterocycles. The normalized spacial score (nSPS) is 12.3. The topological polar surface area (TPSA) is 101 Å². The molecule has 0 saturated heterocycles. The van der Waals surface area contributed by atoms with Gasteiger partial charge in [0.25, 0.3) is 5.69 Å². The lowest BCUT2D eigenvalue weighted by molar-refractivity contribution is -0.384. The Hall–Kier alpha value is -3.22. The van der Waals surface area contributed by atoms with Gasteiger partial charge < -0.3 is 10.3 Å². The van der Waals surface area contributed by atoms with E-state index in [1.165, 1.54) is 13.0 Å². The molecule has 3 aromatic rings. The van der Waals surface area contributed by atoms with Crippen LogP contribution in [0.1, 0.15) is 43.0 Å². The third-order valence-electron chi connectivity index (χ3n) is 4.28. The van der Waals surface area contributed by atoms with Crippen molar-refractivity contribution in [1.29, 1.82) is 0 Å². The van der Waals surface area contributed by atoms with Crippen molar-refractivity contribution in [2.45, 2.75) is 26.8 Å². The highest BCUT2D eigenvalue weighted by atomic mass is 16.6. The van der Waals surface area contributed by atoms with E-state index in [0.717, 1.165) is 11.0 Å². The van der Waals surface area contributed by atoms with Gasteiger partial charge >= 0.3 is 0 Å². The second-order valence-corrected chi connectivity index (χ2v) is 6.55. The monoisotopic (exact) mass is 352 g/mol. The molecule has 0 aliphatic heterocycles. The van der Waals surface area contributed by atoms with Crippen LogP contribution >= 0.6 is 0 Å². The van der Waals surface area contributed by atoms with Crippen molar-refractivity contribution in [3.8, 4) is 0 Å². The number of Topliss-reactive ketones (excluding diaryl/α,β-unsaturated/α-hetero) is 1. The summed E-state index contributed by atoms with van der Waals surface area (Å²) in [6.45, 7) is 5.42. The number of nitrogens with one attached hydrogen (secondary N) is 2. The minimum Gasteiger partial charge on any atom is -0.369 e. The SMILES string of the molecule is CC(=O)c1ccc(N[C@H](c2nc3ccccc3[nH]2)C(C)C)c([N+](=O)[O-])c1. The van der Waals surface area contributed by atoms with E-state index in [9.17, 15) is 14.9 Å². The summed E-state index contributed by atoms with van der Waals surface area (Å²) in [7, 11) is 0. The van der Waals surface area contributed by atoms with Crippen LogP contribution in [0.15, 0.2) is 42.5 Å². The largest absolute Gasteiger partial charge is 0.369 e. The van der Waals surface area contributed by atoms with Crippen LogP contribution in [0.25, 0.3) is 11.0 Å². The fraction of sp³-hybridized carbons (Fsp3) is 0.263. The lowest BCUT2D eigenvalue weighted by Gasteiger charge is -2.21. The zero-order valence-electron chi connectivity index (χ0n) is 14.8. The standard InChI is InChI=1S/C19H20N4O3/c1-11(2)18(19-21-14-6-4-5-7-15(14)22-19)20-16-9-8-13(12(3)24)10-17(16)23(25)26/h4-11,18,20H,1-3H3,(H,21,22)/t18-/m0/s1. The molecule has 0 unspecified atom stereocenters. The molecular weight excluding hydrogens is 332 g/mol. The molecule has 0 amide bonds. The molecule has 2 aromatic carbocycles. The Bertz CT molecular complexity index is 945. The van der Waals surface area contributed by atoms with E-state index in [2.05, 4.69) is 15.3 Å². The summed E-state index contributed by atoms with van der Waals surface area (Å²) in [5, 5.41) is 14.7. The minimum atomic E-state index is -0.481. The summed E-state index contributed by atoms with van der Waals surface area (Å²) in [5.41, 5.74) is 2.30. The molecule has 0 saturated carbocycles. The van der Waals surface area contributed by atoms with Crippen LogP contribution in [-0.2, 0) is 0 Å². The molecule has 134 valence electrons. The Morgan fingerprint density at radius 3 is 2.58 bits per heavy atom. The highest BCUT2D eigenvalue weighted by Crippen LogP contribution is 2.32. The number of hydrogen-bond donors (Lipinski definition) is 2. The first-order valence-corrected chi connectivity index (χ1v) is 8.37. The molecule has 0 aliphatic rings. The second-order valence-electron chi connectivity index (χ2n) is 6.55. The van der Waals surface area contributed by atoms with E-state index in [1.807, 2.05) is 38.1 Å². The molecular formula is C19H20N4O3. The number of rotatable bonds is 6. The van der Waals surface area contributed by atoms with E-state index in [-0.39, 0.29) is 23.4 Å². The smallest absolute Gasteiger partial charge is 0.293 e. The third-order valence-corrected chi connectivity index (χ3v) is 4.28. The zero-order chi connectivity index (χ0) is 18.8. The van der Waals surface area contributed by atoms with Crippen molar-refractivity contribution in [2.24, 2.45) is 5.92 Å². The Kier molecular flexibility index (Phi) is 4.71. The summed E-state index contributed by atoms with van der Waals surface area (Å²) in [5.74, 6) is 0.631. The van der Waals surface area contributed by atoms with Gasteiger partial charge in [0.15, 0.2) is 5.78 Å². The van der Waals surface area contributed by atoms with E-state index < -0.39 is 4.92 Å². The number of H-pyrrole nitrogens is 1. The van der Waals surface area contributed by atoms with Gasteiger partial charge in [-0.05, 0) is 37.1 Å². The molecule has 0 bridgehead atoms. The molecule has 2 N–H and O–H groups in total. The maximum atomic E-state index is 11.5. The van der Waals surface area contributed by atoms with Gasteiger partial charge in [0.05, 0.1) is 22.0 Å². The van der Waals surface area contributed by atoms with Gasteiger partial charge in [-0.1, -0.05) is 26.0 Å². The summed E-state index contributed by atoms with van der Waals surface area (Å²) < 4.78 is 0. The average molecular weight is 352 g/mol. The van der Waals surface area contributed by atoms with Crippen molar-refractivity contribution in [3.05, 3.63) is 64.0 Å². The van der Waals surface area contributed by atoms with Crippen LogP contribution in [-0.4, -0.2) is 20.7 Å². The molecule has 3 rings (SSSR count). The first kappa shape index (κ1) is 17.6. The molecule has 7 heteroatoms. The van der Waals surface area contributed by atoms with Gasteiger partial charge in [-0.25, -0.2) is 4.98 Å². The Balaban J connectivity index is 2.00. The maximum absolute atomic E-state index is 11.5. The van der Waals surface area contributed by atoms with Crippen LogP contribution in [0.4, 0.5) is 11.4 Å². The summed E-state index contributed by atoms with van der Waals surface area (Å²) in [4.78, 5) is 30.4. The summed E-state index contributed by atoms with van der Waals surface area (Å²) >= 11 is 0. The molecule has 0 spiro atoms. The number of fused-ring (bicyclic) bond motifs is 1. The lowest BCUT2D eigenvalue weighted by atomic mass is 10.0. The van der Waals surface area contributed by atoms with Crippen LogP contribution in [0.3, 0.4) is 0 Å². The molecule has 7 nitrogen and oxygen atoms in total. The first-order valence-electron chi connectivity index (χ1n) is 8.37. The van der Waals surface area contributed by atoms with Crippen molar-refractivity contribution in [1.82, 2.24) is 9.97 Å². The first-order chi connectivity index (χ1) is 12.4. The number of carbonyl (C=O) groups excluding carboxylic acids is 1. The number of anilines is 1. The number of carbonyl (C=O) groups is 1. The third kappa shape index (κ3) is 3.42. The van der Waals surface area contributed by atoms with E-state index in [4.69, 9.17) is 0 Å². The van der Waals surface area contributed by atoms with Gasteiger partial charge in [-0.2, -0.15) is 0 Å². The van der Waals surface area contributed by atoms with Crippen molar-refractivity contribution >= 4 is 28.2 Å². The molecule has 1 atom stereocenters. The fourth-order valence-corrected chi connectivity index (χ4v) is 2.86. The minimum absolute atomic E-state index is 0.125. The number of aromatic nitrogens is 2. The van der Waals surface area contributed by atoms with E-state index >= 15 is 0 Å². The number of nitro benzene ring substituents is 1. The number of benzene rings is 2. The number of ketones is 1. The zero-order valence-corrected chi connectivity index (χ0v) is 14.8. The lowest BCUT2D eigenvalue weighted by Crippen LogP contribution is -2.19. The van der Waals surface area contributed by atoms with Gasteiger partial charge in [0, 0.05) is 11.6 Å². The summed E-state index contributed by atoms with van der Waals surface area (Å²) in [6.07, 6.45) is 0. The Morgan fingerprint density at radius 2 is 1.96 bits per heavy atom. The van der Waals surface area contributed by atoms with Crippen LogP contribution in [0.2, 0.25) is 0 Å². The van der Waals surface area contributed by atoms with Crippen molar-refractivity contribution in [2.75, 3.05) is 5.32 Å². The number of aromatic amines is 1. The van der Waals surface area contributed by atoms with Gasteiger partial charge in [0.2, 0.25) is 0 Å². The van der Waals surface area contributed by atoms with E-state index in [1.54, 1.807) is 12.1 Å². The number of hydrogen-bond acceptors (Lipinski definition) is 5. The summed E-state index contributed by atoms with van der Waals surface area (Å²) in [6, 6.07) is 11.9. The van der Waals surface area contributed by atoms with Gasteiger partial charge in [0.1, 0.15) is 11.5 Å². The predicted octanol–water partition coefficient (Wildman–Crippen LogP) is 4.48. The fourth-order valence-electron chi connectivity index (χ4n) is 2.86. The molecule has 0 fully saturated rings. The molecule has 26 heavy (non-hydrogen) atoms. The predicted molar refractivity (Wildman–Crippen MR) is 100 cm³/mol. The van der Waals surface area contributed by atoms with Crippen molar-refractivity contribution < 1.29 is 9.72 Å². The maximum Gasteiger partial charge on any atom is 0.293 e. The second kappa shape index (κ2) is 6.95.